The molecule has 2 aliphatic heterocycles. The number of halogens is 1. The van der Waals surface area contributed by atoms with Gasteiger partial charge < -0.3 is 4.74 Å². The van der Waals surface area contributed by atoms with Crippen LogP contribution in [0.5, 0.6) is 5.75 Å². The maximum Gasteiger partial charge on any atom is 0.213 e. The fraction of sp³-hybridized carbons (Fsp3) is 0.174. The van der Waals surface area contributed by atoms with E-state index in [1.54, 1.807) is 6.07 Å². The SMILES string of the molecule is Cc1ccc(C2=NN3[C@@H](C2)c2ccccc2O[C@H]3c2cccc(F)c2)cc1. The van der Waals surface area contributed by atoms with Crippen LogP contribution in [0.4, 0.5) is 4.39 Å². The van der Waals surface area contributed by atoms with Gasteiger partial charge in [0.25, 0.3) is 0 Å². The Morgan fingerprint density at radius 1 is 1.00 bits per heavy atom. The van der Waals surface area contributed by atoms with Gasteiger partial charge in [0.15, 0.2) is 0 Å². The first-order chi connectivity index (χ1) is 13.2. The fourth-order valence-corrected chi connectivity index (χ4v) is 3.83. The van der Waals surface area contributed by atoms with Crippen LogP contribution in [0.3, 0.4) is 0 Å². The van der Waals surface area contributed by atoms with Crippen LogP contribution in [0.2, 0.25) is 0 Å². The molecule has 2 aliphatic rings. The van der Waals surface area contributed by atoms with Crippen molar-refractivity contribution in [2.75, 3.05) is 0 Å². The average molecular weight is 358 g/mol. The lowest BCUT2D eigenvalue weighted by molar-refractivity contribution is -0.0192. The van der Waals surface area contributed by atoms with Gasteiger partial charge in [0.05, 0.1) is 11.8 Å². The second-order valence-electron chi connectivity index (χ2n) is 7.08. The monoisotopic (exact) mass is 358 g/mol. The summed E-state index contributed by atoms with van der Waals surface area (Å²) in [7, 11) is 0. The van der Waals surface area contributed by atoms with Gasteiger partial charge in [-0.1, -0.05) is 60.2 Å². The van der Waals surface area contributed by atoms with Crippen LogP contribution < -0.4 is 4.74 Å². The van der Waals surface area contributed by atoms with Crippen LogP contribution in [0.1, 0.15) is 40.9 Å². The summed E-state index contributed by atoms with van der Waals surface area (Å²) in [5, 5.41) is 6.88. The third kappa shape index (κ3) is 2.78. The molecule has 0 spiro atoms. The zero-order valence-electron chi connectivity index (χ0n) is 15.0. The third-order valence-electron chi connectivity index (χ3n) is 5.22. The van der Waals surface area contributed by atoms with Crippen LogP contribution in [0.15, 0.2) is 77.9 Å². The lowest BCUT2D eigenvalue weighted by Gasteiger charge is -2.38. The molecule has 2 atom stereocenters. The number of fused-ring (bicyclic) bond motifs is 3. The molecular formula is C23H19FN2O. The van der Waals surface area contributed by atoms with E-state index < -0.39 is 6.23 Å². The van der Waals surface area contributed by atoms with Gasteiger partial charge in [0.1, 0.15) is 11.6 Å². The van der Waals surface area contributed by atoms with Gasteiger partial charge in [-0.15, -0.1) is 0 Å². The third-order valence-corrected chi connectivity index (χ3v) is 5.22. The first-order valence-corrected chi connectivity index (χ1v) is 9.13. The van der Waals surface area contributed by atoms with E-state index in [4.69, 9.17) is 9.84 Å². The van der Waals surface area contributed by atoms with Crippen molar-refractivity contribution in [2.24, 2.45) is 5.10 Å². The number of hydrogen-bond donors (Lipinski definition) is 0. The Bertz CT molecular complexity index is 1030. The van der Waals surface area contributed by atoms with Gasteiger partial charge in [-0.25, -0.2) is 9.40 Å². The van der Waals surface area contributed by atoms with Crippen molar-refractivity contribution in [2.45, 2.75) is 25.6 Å². The largest absolute Gasteiger partial charge is 0.464 e. The summed E-state index contributed by atoms with van der Waals surface area (Å²) in [5.74, 6) is 0.571. The van der Waals surface area contributed by atoms with Crippen molar-refractivity contribution in [3.8, 4) is 5.75 Å². The van der Waals surface area contributed by atoms with Crippen LogP contribution >= 0.6 is 0 Å². The van der Waals surface area contributed by atoms with Gasteiger partial charge >= 0.3 is 0 Å². The summed E-state index contributed by atoms with van der Waals surface area (Å²) in [6.07, 6.45) is 0.360. The summed E-state index contributed by atoms with van der Waals surface area (Å²) < 4.78 is 20.1. The highest BCUT2D eigenvalue weighted by Gasteiger charge is 2.40. The van der Waals surface area contributed by atoms with Crippen molar-refractivity contribution < 1.29 is 9.13 Å². The van der Waals surface area contributed by atoms with E-state index in [1.807, 2.05) is 29.3 Å². The molecule has 0 aliphatic carbocycles. The zero-order chi connectivity index (χ0) is 18.4. The van der Waals surface area contributed by atoms with Crippen LogP contribution in [-0.2, 0) is 0 Å². The Labute approximate surface area is 157 Å². The van der Waals surface area contributed by atoms with E-state index in [9.17, 15) is 4.39 Å². The van der Waals surface area contributed by atoms with E-state index in [0.717, 1.165) is 34.6 Å². The molecule has 0 amide bonds. The lowest BCUT2D eigenvalue weighted by atomic mass is 9.95. The van der Waals surface area contributed by atoms with E-state index in [1.165, 1.54) is 17.7 Å². The predicted molar refractivity (Wildman–Crippen MR) is 103 cm³/mol. The second kappa shape index (κ2) is 6.23. The van der Waals surface area contributed by atoms with Gasteiger partial charge in [-0.05, 0) is 30.7 Å². The minimum atomic E-state index is -0.441. The van der Waals surface area contributed by atoms with E-state index in [-0.39, 0.29) is 11.9 Å². The number of ether oxygens (including phenoxy) is 1. The molecule has 3 nitrogen and oxygen atoms in total. The summed E-state index contributed by atoms with van der Waals surface area (Å²) in [4.78, 5) is 0. The van der Waals surface area contributed by atoms with Crippen molar-refractivity contribution in [1.82, 2.24) is 5.01 Å². The summed E-state index contributed by atoms with van der Waals surface area (Å²) in [5.41, 5.74) is 5.26. The molecular weight excluding hydrogens is 339 g/mol. The number of benzene rings is 3. The minimum Gasteiger partial charge on any atom is -0.464 e. The highest BCUT2D eigenvalue weighted by Crippen LogP contribution is 2.47. The summed E-state index contributed by atoms with van der Waals surface area (Å²) >= 11 is 0. The molecule has 3 aromatic rings. The first-order valence-electron chi connectivity index (χ1n) is 9.13. The van der Waals surface area contributed by atoms with Crippen molar-refractivity contribution >= 4 is 5.71 Å². The minimum absolute atomic E-state index is 0.0829. The molecule has 4 heteroatoms. The van der Waals surface area contributed by atoms with Crippen LogP contribution in [0, 0.1) is 12.7 Å². The van der Waals surface area contributed by atoms with Crippen LogP contribution in [0.25, 0.3) is 0 Å². The molecule has 0 radical (unpaired) electrons. The molecule has 0 saturated carbocycles. The molecule has 0 unspecified atom stereocenters. The molecule has 0 saturated heterocycles. The molecule has 5 rings (SSSR count). The van der Waals surface area contributed by atoms with E-state index in [0.29, 0.717) is 0 Å². The second-order valence-corrected chi connectivity index (χ2v) is 7.08. The quantitative estimate of drug-likeness (QED) is 0.615. The van der Waals surface area contributed by atoms with E-state index in [2.05, 4.69) is 37.3 Å². The topological polar surface area (TPSA) is 24.8 Å². The van der Waals surface area contributed by atoms with Gasteiger partial charge in [-0.2, -0.15) is 5.10 Å². The number of rotatable bonds is 2. The van der Waals surface area contributed by atoms with Gasteiger partial charge in [0, 0.05) is 17.5 Å². The molecule has 0 N–H and O–H groups in total. The molecule has 134 valence electrons. The lowest BCUT2D eigenvalue weighted by Crippen LogP contribution is -2.33. The standard InChI is InChI=1S/C23H19FN2O/c1-15-9-11-16(12-10-15)20-14-21-19-7-2-3-8-22(19)27-23(26(21)25-20)17-5-4-6-18(24)13-17/h2-13,21,23H,14H2,1H3/t21-,23-/m0/s1. The fourth-order valence-electron chi connectivity index (χ4n) is 3.83. The van der Waals surface area contributed by atoms with Crippen LogP contribution in [-0.4, -0.2) is 10.7 Å². The van der Waals surface area contributed by atoms with E-state index >= 15 is 0 Å². The number of para-hydroxylation sites is 1. The Hall–Kier alpha value is -3.14. The smallest absolute Gasteiger partial charge is 0.213 e. The maximum absolute atomic E-state index is 13.8. The molecule has 27 heavy (non-hydrogen) atoms. The molecule has 0 aromatic heterocycles. The molecule has 3 aromatic carbocycles. The first kappa shape index (κ1) is 16.1. The molecule has 0 fully saturated rings. The summed E-state index contributed by atoms with van der Waals surface area (Å²) in [6, 6.07) is 23.1. The Morgan fingerprint density at radius 2 is 1.81 bits per heavy atom. The number of hydrogen-bond acceptors (Lipinski definition) is 3. The Kier molecular flexibility index (Phi) is 3.71. The van der Waals surface area contributed by atoms with Gasteiger partial charge in [-0.3, -0.25) is 0 Å². The number of aryl methyl sites for hydroxylation is 1. The highest BCUT2D eigenvalue weighted by atomic mass is 19.1. The Balaban J connectivity index is 1.60. The number of hydrazone groups is 1. The predicted octanol–water partition coefficient (Wildman–Crippen LogP) is 5.38. The zero-order valence-corrected chi connectivity index (χ0v) is 15.0. The molecule has 0 bridgehead atoms. The molecule has 2 heterocycles. The Morgan fingerprint density at radius 3 is 2.63 bits per heavy atom. The average Bonchev–Trinajstić information content (AvgIpc) is 3.13. The highest BCUT2D eigenvalue weighted by molar-refractivity contribution is 6.02. The number of nitrogens with zero attached hydrogens (tertiary/aromatic N) is 2. The summed E-state index contributed by atoms with van der Waals surface area (Å²) in [6.45, 7) is 2.08. The maximum atomic E-state index is 13.8. The normalized spacial score (nSPS) is 20.5. The van der Waals surface area contributed by atoms with Crippen molar-refractivity contribution in [3.05, 3.63) is 101 Å². The van der Waals surface area contributed by atoms with Crippen molar-refractivity contribution in [1.29, 1.82) is 0 Å². The van der Waals surface area contributed by atoms with Gasteiger partial charge in [0.2, 0.25) is 6.23 Å². The van der Waals surface area contributed by atoms with Crippen molar-refractivity contribution in [3.63, 3.8) is 0 Å².